The van der Waals surface area contributed by atoms with Crippen LogP contribution in [0.2, 0.25) is 0 Å². The second kappa shape index (κ2) is 3.59. The lowest BCUT2D eigenvalue weighted by Gasteiger charge is -2.20. The number of carbonyl (C=O) groups excluding carboxylic acids is 1. The molecule has 2 heteroatoms. The van der Waals surface area contributed by atoms with Crippen molar-refractivity contribution in [3.63, 3.8) is 0 Å². The smallest absolute Gasteiger partial charge is 0.312 e. The SMILES string of the molecule is CCN([C]=O)C1CCCC1. The second-order valence-corrected chi connectivity index (χ2v) is 2.82. The molecule has 0 aromatic rings. The predicted octanol–water partition coefficient (Wildman–Crippen LogP) is 1.32. The van der Waals surface area contributed by atoms with E-state index in [4.69, 9.17) is 0 Å². The van der Waals surface area contributed by atoms with Crippen LogP contribution in [-0.2, 0) is 4.79 Å². The Bertz CT molecular complexity index is 108. The Hall–Kier alpha value is -0.530. The molecule has 0 heterocycles. The average Bonchev–Trinajstić information content (AvgIpc) is 2.43. The Kier molecular flexibility index (Phi) is 2.72. The van der Waals surface area contributed by atoms with Gasteiger partial charge in [0.05, 0.1) is 0 Å². The molecule has 1 aliphatic rings. The molecular formula is C8H14NO. The van der Waals surface area contributed by atoms with Gasteiger partial charge in [-0.1, -0.05) is 12.8 Å². The zero-order valence-electron chi connectivity index (χ0n) is 6.47. The molecule has 1 radical (unpaired) electrons. The highest BCUT2D eigenvalue weighted by atomic mass is 16.1. The van der Waals surface area contributed by atoms with Crippen molar-refractivity contribution >= 4 is 6.41 Å². The van der Waals surface area contributed by atoms with Gasteiger partial charge in [0.25, 0.3) is 0 Å². The Morgan fingerprint density at radius 1 is 1.50 bits per heavy atom. The van der Waals surface area contributed by atoms with Gasteiger partial charge in [-0.05, 0) is 19.8 Å². The first-order valence-corrected chi connectivity index (χ1v) is 4.03. The van der Waals surface area contributed by atoms with Crippen LogP contribution in [-0.4, -0.2) is 23.9 Å². The van der Waals surface area contributed by atoms with Gasteiger partial charge in [-0.2, -0.15) is 0 Å². The predicted molar refractivity (Wildman–Crippen MR) is 40.3 cm³/mol. The Morgan fingerprint density at radius 3 is 2.50 bits per heavy atom. The molecule has 0 aromatic heterocycles. The lowest BCUT2D eigenvalue weighted by Crippen LogP contribution is -2.31. The topological polar surface area (TPSA) is 20.3 Å². The molecule has 2 nitrogen and oxygen atoms in total. The maximum Gasteiger partial charge on any atom is 0.312 e. The van der Waals surface area contributed by atoms with Gasteiger partial charge in [-0.3, -0.25) is 4.79 Å². The molecule has 0 unspecified atom stereocenters. The van der Waals surface area contributed by atoms with Crippen LogP contribution in [0.25, 0.3) is 0 Å². The minimum absolute atomic E-state index is 0.502. The van der Waals surface area contributed by atoms with Crippen molar-refractivity contribution in [2.24, 2.45) is 0 Å². The van der Waals surface area contributed by atoms with E-state index in [9.17, 15) is 4.79 Å². The average molecular weight is 140 g/mol. The maximum atomic E-state index is 10.3. The summed E-state index contributed by atoms with van der Waals surface area (Å²) in [6.45, 7) is 2.82. The number of amides is 1. The van der Waals surface area contributed by atoms with Crippen LogP contribution in [0.15, 0.2) is 0 Å². The Morgan fingerprint density at radius 2 is 2.10 bits per heavy atom. The first kappa shape index (κ1) is 7.58. The molecule has 1 saturated carbocycles. The van der Waals surface area contributed by atoms with Crippen molar-refractivity contribution in [1.82, 2.24) is 4.90 Å². The summed E-state index contributed by atoms with van der Waals surface area (Å²) in [4.78, 5) is 12.1. The van der Waals surface area contributed by atoms with Crippen molar-refractivity contribution in [2.75, 3.05) is 6.54 Å². The van der Waals surface area contributed by atoms with E-state index >= 15 is 0 Å². The third kappa shape index (κ3) is 1.49. The first-order valence-electron chi connectivity index (χ1n) is 4.03. The van der Waals surface area contributed by atoms with Gasteiger partial charge in [0.15, 0.2) is 0 Å². The largest absolute Gasteiger partial charge is 0.332 e. The highest BCUT2D eigenvalue weighted by molar-refractivity contribution is 5.48. The maximum absolute atomic E-state index is 10.3. The highest BCUT2D eigenvalue weighted by Gasteiger charge is 2.19. The van der Waals surface area contributed by atoms with Crippen molar-refractivity contribution < 1.29 is 4.79 Å². The fourth-order valence-electron chi connectivity index (χ4n) is 1.61. The zero-order chi connectivity index (χ0) is 7.40. The molecule has 10 heavy (non-hydrogen) atoms. The summed E-state index contributed by atoms with van der Waals surface area (Å²) >= 11 is 0. The molecule has 0 bridgehead atoms. The van der Waals surface area contributed by atoms with Crippen LogP contribution >= 0.6 is 0 Å². The lowest BCUT2D eigenvalue weighted by molar-refractivity contribution is 0.308. The van der Waals surface area contributed by atoms with E-state index in [1.165, 1.54) is 25.7 Å². The van der Waals surface area contributed by atoms with Crippen molar-refractivity contribution in [3.05, 3.63) is 0 Å². The van der Waals surface area contributed by atoms with Crippen LogP contribution < -0.4 is 0 Å². The summed E-state index contributed by atoms with van der Waals surface area (Å²) in [7, 11) is 0. The molecule has 0 atom stereocenters. The highest BCUT2D eigenvalue weighted by Crippen LogP contribution is 2.21. The van der Waals surface area contributed by atoms with Crippen LogP contribution in [0.4, 0.5) is 0 Å². The van der Waals surface area contributed by atoms with E-state index < -0.39 is 0 Å². The molecule has 0 saturated heterocycles. The molecule has 57 valence electrons. The summed E-state index contributed by atoms with van der Waals surface area (Å²) in [5.74, 6) is 0. The summed E-state index contributed by atoms with van der Waals surface area (Å²) in [5.41, 5.74) is 0. The molecule has 1 amide bonds. The summed E-state index contributed by atoms with van der Waals surface area (Å²) < 4.78 is 0. The van der Waals surface area contributed by atoms with Gasteiger partial charge < -0.3 is 4.90 Å². The van der Waals surface area contributed by atoms with Crippen molar-refractivity contribution in [1.29, 1.82) is 0 Å². The minimum atomic E-state index is 0.502. The third-order valence-corrected chi connectivity index (χ3v) is 2.22. The first-order chi connectivity index (χ1) is 4.88. The van der Waals surface area contributed by atoms with Gasteiger partial charge in [-0.15, -0.1) is 0 Å². The number of nitrogens with zero attached hydrogens (tertiary/aromatic N) is 1. The summed E-state index contributed by atoms with van der Waals surface area (Å²) in [6.07, 6.45) is 6.91. The normalized spacial score (nSPS) is 19.3. The minimum Gasteiger partial charge on any atom is -0.332 e. The van der Waals surface area contributed by atoms with Crippen LogP contribution in [0.3, 0.4) is 0 Å². The van der Waals surface area contributed by atoms with Gasteiger partial charge in [0.2, 0.25) is 0 Å². The van der Waals surface area contributed by atoms with Crippen LogP contribution in [0.5, 0.6) is 0 Å². The molecule has 1 aliphatic carbocycles. The molecular weight excluding hydrogens is 126 g/mol. The fraction of sp³-hybridized carbons (Fsp3) is 0.875. The summed E-state index contributed by atoms with van der Waals surface area (Å²) in [5, 5.41) is 0. The van der Waals surface area contributed by atoms with E-state index in [0.29, 0.717) is 6.04 Å². The number of rotatable bonds is 3. The van der Waals surface area contributed by atoms with Gasteiger partial charge in [0.1, 0.15) is 0 Å². The van der Waals surface area contributed by atoms with Gasteiger partial charge >= 0.3 is 6.41 Å². The number of hydrogen-bond acceptors (Lipinski definition) is 1. The second-order valence-electron chi connectivity index (χ2n) is 2.82. The zero-order valence-corrected chi connectivity index (χ0v) is 6.47. The standard InChI is InChI=1S/C8H14NO/c1-2-9(7-10)8-5-3-4-6-8/h8H,2-6H2,1H3. The van der Waals surface area contributed by atoms with Gasteiger partial charge in [0, 0.05) is 12.6 Å². The van der Waals surface area contributed by atoms with E-state index in [-0.39, 0.29) is 0 Å². The third-order valence-electron chi connectivity index (χ3n) is 2.22. The molecule has 0 aliphatic heterocycles. The fourth-order valence-corrected chi connectivity index (χ4v) is 1.61. The molecule has 1 rings (SSSR count). The van der Waals surface area contributed by atoms with Crippen molar-refractivity contribution in [2.45, 2.75) is 38.6 Å². The van der Waals surface area contributed by atoms with E-state index in [1.807, 2.05) is 13.3 Å². The summed E-state index contributed by atoms with van der Waals surface area (Å²) in [6, 6.07) is 0.502. The molecule has 0 N–H and O–H groups in total. The number of hydrogen-bond donors (Lipinski definition) is 0. The Labute approximate surface area is 62.2 Å². The van der Waals surface area contributed by atoms with Crippen LogP contribution in [0.1, 0.15) is 32.6 Å². The Balaban J connectivity index is 2.36. The van der Waals surface area contributed by atoms with Gasteiger partial charge in [-0.25, -0.2) is 0 Å². The molecule has 0 aromatic carbocycles. The van der Waals surface area contributed by atoms with Crippen molar-refractivity contribution in [3.8, 4) is 0 Å². The van der Waals surface area contributed by atoms with E-state index in [2.05, 4.69) is 0 Å². The quantitative estimate of drug-likeness (QED) is 0.541. The molecule has 0 spiro atoms. The monoisotopic (exact) mass is 140 g/mol. The van der Waals surface area contributed by atoms with E-state index in [0.717, 1.165) is 6.54 Å². The lowest BCUT2D eigenvalue weighted by atomic mass is 10.2. The van der Waals surface area contributed by atoms with Crippen LogP contribution in [0, 0.1) is 0 Å². The van der Waals surface area contributed by atoms with E-state index in [1.54, 1.807) is 4.90 Å². The molecule has 1 fully saturated rings.